The van der Waals surface area contributed by atoms with Gasteiger partial charge in [-0.1, -0.05) is 12.1 Å². The van der Waals surface area contributed by atoms with Crippen LogP contribution >= 0.6 is 0 Å². The molecule has 1 saturated heterocycles. The fraction of sp³-hybridized carbons (Fsp3) is 0.300. The van der Waals surface area contributed by atoms with E-state index >= 15 is 0 Å². The zero-order valence-corrected chi connectivity index (χ0v) is 14.9. The molecule has 0 bridgehead atoms. The number of ether oxygens (including phenoxy) is 2. The van der Waals surface area contributed by atoms with Gasteiger partial charge in [0.2, 0.25) is 0 Å². The SMILES string of the molecule is COC(=O)c1ccc2c(c1)N=C(N1CCN(C)CC1)c1ccccc1O2. The van der Waals surface area contributed by atoms with Gasteiger partial charge in [0.05, 0.1) is 18.2 Å². The largest absolute Gasteiger partial charge is 0.465 e. The van der Waals surface area contributed by atoms with Gasteiger partial charge in [0.15, 0.2) is 5.75 Å². The molecule has 2 aromatic rings. The molecule has 26 heavy (non-hydrogen) atoms. The monoisotopic (exact) mass is 351 g/mol. The Labute approximate surface area is 152 Å². The number of rotatable bonds is 1. The Hall–Kier alpha value is -2.86. The highest BCUT2D eigenvalue weighted by Crippen LogP contribution is 2.38. The molecule has 1 fully saturated rings. The summed E-state index contributed by atoms with van der Waals surface area (Å²) >= 11 is 0. The van der Waals surface area contributed by atoms with Crippen LogP contribution in [0.5, 0.6) is 11.5 Å². The molecule has 2 aliphatic heterocycles. The average molecular weight is 351 g/mol. The molecule has 0 radical (unpaired) electrons. The van der Waals surface area contributed by atoms with Crippen molar-refractivity contribution in [2.24, 2.45) is 4.99 Å². The van der Waals surface area contributed by atoms with E-state index in [2.05, 4.69) is 16.8 Å². The van der Waals surface area contributed by atoms with Crippen LogP contribution in [0, 0.1) is 0 Å². The smallest absolute Gasteiger partial charge is 0.337 e. The maximum Gasteiger partial charge on any atom is 0.337 e. The lowest BCUT2D eigenvalue weighted by atomic mass is 10.1. The summed E-state index contributed by atoms with van der Waals surface area (Å²) < 4.78 is 10.9. The summed E-state index contributed by atoms with van der Waals surface area (Å²) in [5, 5.41) is 0. The molecule has 0 saturated carbocycles. The van der Waals surface area contributed by atoms with Crippen LogP contribution in [0.15, 0.2) is 47.5 Å². The first-order valence-corrected chi connectivity index (χ1v) is 8.67. The number of esters is 1. The van der Waals surface area contributed by atoms with Crippen LogP contribution in [0.25, 0.3) is 0 Å². The minimum atomic E-state index is -0.383. The molecular weight excluding hydrogens is 330 g/mol. The van der Waals surface area contributed by atoms with Crippen molar-refractivity contribution in [1.82, 2.24) is 9.80 Å². The van der Waals surface area contributed by atoms with E-state index in [1.165, 1.54) is 7.11 Å². The Morgan fingerprint density at radius 2 is 1.85 bits per heavy atom. The number of likely N-dealkylation sites (N-methyl/N-ethyl adjacent to an activating group) is 1. The summed E-state index contributed by atoms with van der Waals surface area (Å²) in [6, 6.07) is 13.1. The van der Waals surface area contributed by atoms with Crippen molar-refractivity contribution >= 4 is 17.5 Å². The normalized spacial score (nSPS) is 16.7. The van der Waals surface area contributed by atoms with Crippen LogP contribution in [0.3, 0.4) is 0 Å². The van der Waals surface area contributed by atoms with Gasteiger partial charge in [0.25, 0.3) is 0 Å². The van der Waals surface area contributed by atoms with Gasteiger partial charge in [0.1, 0.15) is 17.3 Å². The second-order valence-electron chi connectivity index (χ2n) is 6.50. The summed E-state index contributed by atoms with van der Waals surface area (Å²) in [6.45, 7) is 3.76. The van der Waals surface area contributed by atoms with Crippen LogP contribution in [0.2, 0.25) is 0 Å². The molecule has 4 rings (SSSR count). The predicted octanol–water partition coefficient (Wildman–Crippen LogP) is 2.90. The molecule has 0 spiro atoms. The molecule has 0 amide bonds. The molecule has 0 aliphatic carbocycles. The molecule has 2 aromatic carbocycles. The van der Waals surface area contributed by atoms with Gasteiger partial charge in [-0.15, -0.1) is 0 Å². The molecule has 2 heterocycles. The maximum atomic E-state index is 11.9. The molecule has 0 atom stereocenters. The third kappa shape index (κ3) is 3.04. The lowest BCUT2D eigenvalue weighted by molar-refractivity contribution is 0.0601. The van der Waals surface area contributed by atoms with E-state index in [1.807, 2.05) is 24.3 Å². The van der Waals surface area contributed by atoms with Crippen molar-refractivity contribution in [3.63, 3.8) is 0 Å². The number of fused-ring (bicyclic) bond motifs is 2. The van der Waals surface area contributed by atoms with Gasteiger partial charge < -0.3 is 19.3 Å². The fourth-order valence-electron chi connectivity index (χ4n) is 3.23. The summed E-state index contributed by atoms with van der Waals surface area (Å²) in [5.41, 5.74) is 2.06. The first-order valence-electron chi connectivity index (χ1n) is 8.67. The first-order chi connectivity index (χ1) is 12.7. The Morgan fingerprint density at radius 3 is 2.62 bits per heavy atom. The number of methoxy groups -OCH3 is 1. The molecule has 0 aromatic heterocycles. The minimum Gasteiger partial charge on any atom is -0.465 e. The first kappa shape index (κ1) is 16.6. The molecule has 0 N–H and O–H groups in total. The van der Waals surface area contributed by atoms with Crippen LogP contribution in [0.4, 0.5) is 5.69 Å². The highest BCUT2D eigenvalue weighted by atomic mass is 16.5. The number of nitrogens with zero attached hydrogens (tertiary/aromatic N) is 3. The lowest BCUT2D eigenvalue weighted by Gasteiger charge is -2.34. The molecule has 134 valence electrons. The number of carbonyl (C=O) groups is 1. The number of piperazine rings is 1. The van der Waals surface area contributed by atoms with Crippen molar-refractivity contribution in [2.75, 3.05) is 40.3 Å². The van der Waals surface area contributed by atoms with Crippen molar-refractivity contribution in [1.29, 1.82) is 0 Å². The Kier molecular flexibility index (Phi) is 4.34. The van der Waals surface area contributed by atoms with Crippen LogP contribution in [-0.2, 0) is 4.74 Å². The molecule has 6 nitrogen and oxygen atoms in total. The van der Waals surface area contributed by atoms with Crippen molar-refractivity contribution in [2.45, 2.75) is 0 Å². The van der Waals surface area contributed by atoms with Crippen LogP contribution in [0.1, 0.15) is 15.9 Å². The highest BCUT2D eigenvalue weighted by molar-refractivity contribution is 6.04. The topological polar surface area (TPSA) is 54.4 Å². The second kappa shape index (κ2) is 6.80. The molecule has 2 aliphatic rings. The maximum absolute atomic E-state index is 11.9. The fourth-order valence-corrected chi connectivity index (χ4v) is 3.23. The number of aliphatic imine (C=N–C) groups is 1. The Bertz CT molecular complexity index is 870. The third-order valence-corrected chi connectivity index (χ3v) is 4.76. The predicted molar refractivity (Wildman–Crippen MR) is 99.6 cm³/mol. The summed E-state index contributed by atoms with van der Waals surface area (Å²) in [4.78, 5) is 21.4. The van der Waals surface area contributed by atoms with E-state index in [9.17, 15) is 4.79 Å². The second-order valence-corrected chi connectivity index (χ2v) is 6.50. The minimum absolute atomic E-state index is 0.383. The molecule has 6 heteroatoms. The zero-order chi connectivity index (χ0) is 18.1. The van der Waals surface area contributed by atoms with Crippen LogP contribution < -0.4 is 4.74 Å². The van der Waals surface area contributed by atoms with E-state index in [4.69, 9.17) is 14.5 Å². The van der Waals surface area contributed by atoms with Crippen molar-refractivity contribution in [3.05, 3.63) is 53.6 Å². The standard InChI is InChI=1S/C20H21N3O3/c1-22-9-11-23(12-10-22)19-15-5-3-4-6-17(15)26-18-8-7-14(20(24)25-2)13-16(18)21-19/h3-8,13H,9-12H2,1-2H3. The van der Waals surface area contributed by atoms with E-state index in [-0.39, 0.29) is 5.97 Å². The van der Waals surface area contributed by atoms with E-state index in [0.29, 0.717) is 17.0 Å². The zero-order valence-electron chi connectivity index (χ0n) is 14.9. The third-order valence-electron chi connectivity index (χ3n) is 4.76. The Balaban J connectivity index is 1.81. The molecular formula is C20H21N3O3. The van der Waals surface area contributed by atoms with E-state index in [0.717, 1.165) is 43.3 Å². The number of benzene rings is 2. The number of carbonyl (C=O) groups excluding carboxylic acids is 1. The van der Waals surface area contributed by atoms with Gasteiger partial charge in [-0.3, -0.25) is 0 Å². The Morgan fingerprint density at radius 1 is 1.08 bits per heavy atom. The quantitative estimate of drug-likeness (QED) is 0.740. The van der Waals surface area contributed by atoms with Crippen LogP contribution in [-0.4, -0.2) is 61.9 Å². The van der Waals surface area contributed by atoms with Gasteiger partial charge in [-0.05, 0) is 37.4 Å². The summed E-state index contributed by atoms with van der Waals surface area (Å²) in [7, 11) is 3.50. The van der Waals surface area contributed by atoms with E-state index in [1.54, 1.807) is 18.2 Å². The molecule has 0 unspecified atom stereocenters. The van der Waals surface area contributed by atoms with Gasteiger partial charge in [-0.25, -0.2) is 9.79 Å². The summed E-state index contributed by atoms with van der Waals surface area (Å²) in [5.74, 6) is 1.91. The number of hydrogen-bond donors (Lipinski definition) is 0. The van der Waals surface area contributed by atoms with Gasteiger partial charge in [-0.2, -0.15) is 0 Å². The lowest BCUT2D eigenvalue weighted by Crippen LogP contribution is -2.47. The van der Waals surface area contributed by atoms with Gasteiger partial charge in [0, 0.05) is 26.2 Å². The van der Waals surface area contributed by atoms with Crippen molar-refractivity contribution < 1.29 is 14.3 Å². The average Bonchev–Trinajstić information content (AvgIpc) is 2.84. The number of hydrogen-bond acceptors (Lipinski definition) is 6. The highest BCUT2D eigenvalue weighted by Gasteiger charge is 2.25. The number of amidine groups is 1. The van der Waals surface area contributed by atoms with Crippen molar-refractivity contribution in [3.8, 4) is 11.5 Å². The van der Waals surface area contributed by atoms with E-state index < -0.39 is 0 Å². The number of para-hydroxylation sites is 1. The van der Waals surface area contributed by atoms with Gasteiger partial charge >= 0.3 is 5.97 Å². The summed E-state index contributed by atoms with van der Waals surface area (Å²) in [6.07, 6.45) is 0.